The van der Waals surface area contributed by atoms with Gasteiger partial charge in [0.15, 0.2) is 0 Å². The number of hydrogen-bond donors (Lipinski definition) is 1. The van der Waals surface area contributed by atoms with Crippen molar-refractivity contribution in [2.45, 2.75) is 58.4 Å². The molecule has 1 atom stereocenters. The quantitative estimate of drug-likeness (QED) is 0.495. The molecule has 0 bridgehead atoms. The van der Waals surface area contributed by atoms with Gasteiger partial charge in [0, 0.05) is 55.5 Å². The molecule has 6 nitrogen and oxygen atoms in total. The summed E-state index contributed by atoms with van der Waals surface area (Å²) in [5.41, 5.74) is 4.40. The third kappa shape index (κ3) is 5.38. The molecule has 0 aromatic heterocycles. The van der Waals surface area contributed by atoms with Crippen LogP contribution in [0.15, 0.2) is 73.1 Å². The first-order valence-electron chi connectivity index (χ1n) is 13.4. The molecule has 38 heavy (non-hydrogen) atoms. The number of nitriles is 1. The van der Waals surface area contributed by atoms with Crippen LogP contribution in [0.5, 0.6) is 0 Å². The van der Waals surface area contributed by atoms with Crippen LogP contribution in [0.3, 0.4) is 0 Å². The number of carbonyl (C=O) groups excluding carboxylic acids is 2. The molecular weight excluding hydrogens is 472 g/mol. The summed E-state index contributed by atoms with van der Waals surface area (Å²) in [6.07, 6.45) is 2.85. The van der Waals surface area contributed by atoms with Gasteiger partial charge in [0.1, 0.15) is 0 Å². The molecule has 0 aliphatic carbocycles. The van der Waals surface area contributed by atoms with E-state index in [1.807, 2.05) is 54.3 Å². The Morgan fingerprint density at radius 2 is 1.84 bits per heavy atom. The first kappa shape index (κ1) is 27.2. The first-order chi connectivity index (χ1) is 18.1. The maximum absolute atomic E-state index is 13.4. The summed E-state index contributed by atoms with van der Waals surface area (Å²) in [7, 11) is 0. The molecule has 2 aromatic rings. The molecular formula is C32H38N4O2. The molecule has 6 heteroatoms. The van der Waals surface area contributed by atoms with Gasteiger partial charge in [-0.2, -0.15) is 5.26 Å². The van der Waals surface area contributed by atoms with Crippen LogP contribution in [0.4, 0.5) is 0 Å². The minimum atomic E-state index is -0.614. The van der Waals surface area contributed by atoms with Gasteiger partial charge in [0.2, 0.25) is 5.91 Å². The molecule has 2 heterocycles. The van der Waals surface area contributed by atoms with Crippen molar-refractivity contribution in [3.63, 3.8) is 0 Å². The number of likely N-dealkylation sites (tertiary alicyclic amines) is 1. The molecule has 198 valence electrons. The summed E-state index contributed by atoms with van der Waals surface area (Å²) in [6, 6.07) is 18.7. The fraction of sp³-hybridized carbons (Fsp3) is 0.406. The highest BCUT2D eigenvalue weighted by atomic mass is 16.2. The van der Waals surface area contributed by atoms with E-state index in [4.69, 9.17) is 0 Å². The van der Waals surface area contributed by atoms with E-state index in [9.17, 15) is 14.9 Å². The minimum absolute atomic E-state index is 0.0161. The summed E-state index contributed by atoms with van der Waals surface area (Å²) < 4.78 is 0. The summed E-state index contributed by atoms with van der Waals surface area (Å²) >= 11 is 0. The van der Waals surface area contributed by atoms with Gasteiger partial charge in [-0.3, -0.25) is 9.59 Å². The van der Waals surface area contributed by atoms with Crippen molar-refractivity contribution >= 4 is 11.8 Å². The first-order valence-corrected chi connectivity index (χ1v) is 13.4. The topological polar surface area (TPSA) is 76.4 Å². The summed E-state index contributed by atoms with van der Waals surface area (Å²) in [5, 5.41) is 13.0. The SMILES string of the molecule is C=C(CC(C)(CN1Cc2ccc(CC)cc2C1=O)C(=C)NC(C)=O)N1CCC(C#N)(c2ccccc2)CC1. The van der Waals surface area contributed by atoms with E-state index in [0.717, 1.165) is 60.3 Å². The van der Waals surface area contributed by atoms with Crippen LogP contribution in [-0.4, -0.2) is 41.2 Å². The van der Waals surface area contributed by atoms with Crippen molar-refractivity contribution in [1.29, 1.82) is 5.26 Å². The van der Waals surface area contributed by atoms with Crippen molar-refractivity contribution < 1.29 is 9.59 Å². The zero-order valence-corrected chi connectivity index (χ0v) is 22.8. The van der Waals surface area contributed by atoms with Crippen molar-refractivity contribution in [2.75, 3.05) is 19.6 Å². The van der Waals surface area contributed by atoms with Gasteiger partial charge in [-0.1, -0.05) is 69.5 Å². The number of rotatable bonds is 9. The number of hydrogen-bond acceptors (Lipinski definition) is 4. The molecule has 0 radical (unpaired) electrons. The Bertz CT molecular complexity index is 1280. The molecule has 1 fully saturated rings. The molecule has 1 unspecified atom stereocenters. The molecule has 2 amide bonds. The van der Waals surface area contributed by atoms with Crippen LogP contribution in [-0.2, 0) is 23.2 Å². The van der Waals surface area contributed by atoms with E-state index < -0.39 is 10.8 Å². The smallest absolute Gasteiger partial charge is 0.254 e. The second kappa shape index (κ2) is 10.9. The van der Waals surface area contributed by atoms with Crippen LogP contribution in [0, 0.1) is 16.7 Å². The Kier molecular flexibility index (Phi) is 7.78. The number of allylic oxidation sites excluding steroid dienone is 1. The van der Waals surface area contributed by atoms with E-state index in [2.05, 4.69) is 42.4 Å². The van der Waals surface area contributed by atoms with Crippen LogP contribution in [0.2, 0.25) is 0 Å². The lowest BCUT2D eigenvalue weighted by molar-refractivity contribution is -0.118. The van der Waals surface area contributed by atoms with Gasteiger partial charge >= 0.3 is 0 Å². The van der Waals surface area contributed by atoms with Gasteiger partial charge in [0.25, 0.3) is 5.91 Å². The number of nitrogens with one attached hydrogen (secondary N) is 1. The molecule has 0 spiro atoms. The van der Waals surface area contributed by atoms with Crippen LogP contribution in [0.1, 0.15) is 67.1 Å². The number of carbonyl (C=O) groups is 2. The predicted octanol–water partition coefficient (Wildman–Crippen LogP) is 5.32. The van der Waals surface area contributed by atoms with Crippen molar-refractivity contribution in [3.8, 4) is 6.07 Å². The monoisotopic (exact) mass is 510 g/mol. The van der Waals surface area contributed by atoms with Gasteiger partial charge in [-0.25, -0.2) is 0 Å². The van der Waals surface area contributed by atoms with E-state index in [0.29, 0.717) is 25.2 Å². The lowest BCUT2D eigenvalue weighted by atomic mass is 9.73. The maximum atomic E-state index is 13.4. The predicted molar refractivity (Wildman–Crippen MR) is 150 cm³/mol. The fourth-order valence-corrected chi connectivity index (χ4v) is 5.79. The lowest BCUT2D eigenvalue weighted by Gasteiger charge is -2.42. The second-order valence-corrected chi connectivity index (χ2v) is 11.0. The summed E-state index contributed by atoms with van der Waals surface area (Å²) in [5.74, 6) is -0.169. The Hall–Kier alpha value is -3.85. The van der Waals surface area contributed by atoms with Crippen LogP contribution >= 0.6 is 0 Å². The highest BCUT2D eigenvalue weighted by molar-refractivity contribution is 5.98. The average Bonchev–Trinajstić information content (AvgIpc) is 3.22. The molecule has 2 aliphatic heterocycles. The summed E-state index contributed by atoms with van der Waals surface area (Å²) in [6.45, 7) is 16.6. The van der Waals surface area contributed by atoms with Gasteiger partial charge in [0.05, 0.1) is 11.5 Å². The molecule has 1 saturated heterocycles. The molecule has 4 rings (SSSR count). The lowest BCUT2D eigenvalue weighted by Crippen LogP contribution is -2.45. The molecule has 0 saturated carbocycles. The second-order valence-electron chi connectivity index (χ2n) is 11.0. The number of benzene rings is 2. The van der Waals surface area contributed by atoms with Crippen molar-refractivity contribution in [3.05, 3.63) is 95.3 Å². The molecule has 2 aliphatic rings. The van der Waals surface area contributed by atoms with E-state index in [1.165, 1.54) is 6.92 Å². The van der Waals surface area contributed by atoms with Crippen molar-refractivity contribution in [1.82, 2.24) is 15.1 Å². The van der Waals surface area contributed by atoms with Crippen molar-refractivity contribution in [2.24, 2.45) is 5.41 Å². The van der Waals surface area contributed by atoms with Crippen LogP contribution in [0.25, 0.3) is 0 Å². The molecule has 2 aromatic carbocycles. The third-order valence-electron chi connectivity index (χ3n) is 8.26. The Morgan fingerprint density at radius 1 is 1.16 bits per heavy atom. The average molecular weight is 511 g/mol. The fourth-order valence-electron chi connectivity index (χ4n) is 5.79. The summed E-state index contributed by atoms with van der Waals surface area (Å²) in [4.78, 5) is 29.4. The zero-order chi connectivity index (χ0) is 27.5. The normalized spacial score (nSPS) is 17.8. The van der Waals surface area contributed by atoms with E-state index in [1.54, 1.807) is 0 Å². The largest absolute Gasteiger partial charge is 0.375 e. The number of piperidine rings is 1. The van der Waals surface area contributed by atoms with Gasteiger partial charge in [-0.05, 0) is 48.4 Å². The standard InChI is InChI=1S/C32H38N4O2/c1-6-26-12-13-27-20-36(30(38)29(27)18-26)22-31(5,24(3)34-25(4)37)19-23(2)35-16-14-32(21-33,15-17-35)28-10-8-7-9-11-28/h7-13,18H,2-3,6,14-17,19-20,22H2,1,4-5H3,(H,34,37). The number of aryl methyl sites for hydroxylation is 1. The highest BCUT2D eigenvalue weighted by Gasteiger charge is 2.40. The molecule has 1 N–H and O–H groups in total. The van der Waals surface area contributed by atoms with Gasteiger partial charge < -0.3 is 15.1 Å². The number of amides is 2. The van der Waals surface area contributed by atoms with E-state index >= 15 is 0 Å². The number of fused-ring (bicyclic) bond motifs is 1. The Labute approximate surface area is 226 Å². The third-order valence-corrected chi connectivity index (χ3v) is 8.26. The zero-order valence-electron chi connectivity index (χ0n) is 22.8. The van der Waals surface area contributed by atoms with Gasteiger partial charge in [-0.15, -0.1) is 0 Å². The Morgan fingerprint density at radius 3 is 2.45 bits per heavy atom. The minimum Gasteiger partial charge on any atom is -0.375 e. The number of nitrogens with zero attached hydrogens (tertiary/aromatic N) is 3. The van der Waals surface area contributed by atoms with Crippen LogP contribution < -0.4 is 5.32 Å². The highest BCUT2D eigenvalue weighted by Crippen LogP contribution is 2.40. The Balaban J connectivity index is 1.49. The maximum Gasteiger partial charge on any atom is 0.254 e. The van der Waals surface area contributed by atoms with E-state index in [-0.39, 0.29) is 11.8 Å².